The lowest BCUT2D eigenvalue weighted by atomic mass is 9.97. The van der Waals surface area contributed by atoms with Crippen molar-refractivity contribution in [2.75, 3.05) is 0 Å². The Kier molecular flexibility index (Phi) is 6.28. The van der Waals surface area contributed by atoms with Crippen LogP contribution >= 0.6 is 0 Å². The van der Waals surface area contributed by atoms with Crippen molar-refractivity contribution >= 4 is 16.8 Å². The number of carbonyl (C=O) groups excluding carboxylic acids is 1. The summed E-state index contributed by atoms with van der Waals surface area (Å²) < 4.78 is 2.38. The maximum Gasteiger partial charge on any atom is 0.251 e. The minimum Gasteiger partial charge on any atom is -0.346 e. The average Bonchev–Trinajstić information content (AvgIpc) is 3.59. The third kappa shape index (κ3) is 4.59. The smallest absolute Gasteiger partial charge is 0.251 e. The molecule has 1 heterocycles. The molecule has 3 nitrogen and oxygen atoms in total. The Morgan fingerprint density at radius 2 is 1.64 bits per heavy atom. The van der Waals surface area contributed by atoms with Gasteiger partial charge in [-0.05, 0) is 91.0 Å². The summed E-state index contributed by atoms with van der Waals surface area (Å²) in [5, 5.41) is 4.35. The highest BCUT2D eigenvalue weighted by Crippen LogP contribution is 2.47. The molecule has 36 heavy (non-hydrogen) atoms. The molecule has 1 N–H and O–H groups in total. The van der Waals surface area contributed by atoms with Crippen LogP contribution < -0.4 is 5.32 Å². The number of benzene rings is 3. The first-order valence-electron chi connectivity index (χ1n) is 13.3. The summed E-state index contributed by atoms with van der Waals surface area (Å²) >= 11 is 0. The van der Waals surface area contributed by atoms with Gasteiger partial charge in [0.2, 0.25) is 0 Å². The molecule has 1 aromatic heterocycles. The molecule has 5 rings (SSSR count). The van der Waals surface area contributed by atoms with Gasteiger partial charge in [0.15, 0.2) is 0 Å². The van der Waals surface area contributed by atoms with Gasteiger partial charge in [-0.3, -0.25) is 4.79 Å². The summed E-state index contributed by atoms with van der Waals surface area (Å²) in [5.74, 6) is 0.429. The van der Waals surface area contributed by atoms with E-state index < -0.39 is 0 Å². The zero-order chi connectivity index (χ0) is 25.6. The molecule has 3 aromatic carbocycles. The Morgan fingerprint density at radius 3 is 2.31 bits per heavy atom. The van der Waals surface area contributed by atoms with Gasteiger partial charge >= 0.3 is 0 Å². The molecule has 0 aliphatic heterocycles. The summed E-state index contributed by atoms with van der Waals surface area (Å²) in [6.45, 7) is 14.0. The Balaban J connectivity index is 1.36. The molecule has 0 spiro atoms. The standard InChI is InChI=1S/C33H38N2O/c1-21(2)26-8-7-9-27(18-26)23(4)34-32(36)28-12-15-31-30(19-28)22(3)24(5)35(31)20-25-10-13-29(14-11-25)33(6)16-17-33/h7-15,18-19,21,23H,16-17,20H2,1-6H3,(H,34,36)/t23-/m0/s1. The van der Waals surface area contributed by atoms with Crippen LogP contribution in [0.2, 0.25) is 0 Å². The fraction of sp³-hybridized carbons (Fsp3) is 0.364. The Labute approximate surface area is 215 Å². The van der Waals surface area contributed by atoms with Crippen LogP contribution in [0, 0.1) is 13.8 Å². The fourth-order valence-corrected chi connectivity index (χ4v) is 5.22. The third-order valence-electron chi connectivity index (χ3n) is 8.32. The number of carbonyl (C=O) groups is 1. The van der Waals surface area contributed by atoms with Crippen molar-refractivity contribution in [3.63, 3.8) is 0 Å². The molecule has 1 aliphatic carbocycles. The number of hydrogen-bond donors (Lipinski definition) is 1. The number of amides is 1. The maximum atomic E-state index is 13.2. The topological polar surface area (TPSA) is 34.0 Å². The monoisotopic (exact) mass is 478 g/mol. The van der Waals surface area contributed by atoms with Gasteiger partial charge in [-0.25, -0.2) is 0 Å². The first kappa shape index (κ1) is 24.4. The van der Waals surface area contributed by atoms with Gasteiger partial charge in [-0.1, -0.05) is 69.3 Å². The predicted octanol–water partition coefficient (Wildman–Crippen LogP) is 7.97. The van der Waals surface area contributed by atoms with Gasteiger partial charge in [0, 0.05) is 28.7 Å². The maximum absolute atomic E-state index is 13.2. The normalized spacial score (nSPS) is 15.3. The highest BCUT2D eigenvalue weighted by molar-refractivity contribution is 5.99. The van der Waals surface area contributed by atoms with Gasteiger partial charge < -0.3 is 9.88 Å². The average molecular weight is 479 g/mol. The van der Waals surface area contributed by atoms with E-state index in [0.717, 1.165) is 17.5 Å². The summed E-state index contributed by atoms with van der Waals surface area (Å²) in [5.41, 5.74) is 9.96. The van der Waals surface area contributed by atoms with Crippen LogP contribution in [0.25, 0.3) is 10.9 Å². The minimum absolute atomic E-state index is 0.0340. The Morgan fingerprint density at radius 1 is 0.944 bits per heavy atom. The van der Waals surface area contributed by atoms with E-state index in [1.54, 1.807) is 0 Å². The summed E-state index contributed by atoms with van der Waals surface area (Å²) in [7, 11) is 0. The quantitative estimate of drug-likeness (QED) is 0.287. The fourth-order valence-electron chi connectivity index (χ4n) is 5.22. The third-order valence-corrected chi connectivity index (χ3v) is 8.32. The lowest BCUT2D eigenvalue weighted by Gasteiger charge is -2.16. The molecule has 0 unspecified atom stereocenters. The first-order valence-corrected chi connectivity index (χ1v) is 13.3. The molecule has 0 saturated heterocycles. The van der Waals surface area contributed by atoms with Crippen molar-refractivity contribution in [2.24, 2.45) is 0 Å². The molecule has 1 atom stereocenters. The van der Waals surface area contributed by atoms with Crippen LogP contribution in [0.15, 0.2) is 66.7 Å². The largest absolute Gasteiger partial charge is 0.346 e. The molecular weight excluding hydrogens is 440 g/mol. The van der Waals surface area contributed by atoms with Gasteiger partial charge in [0.25, 0.3) is 5.91 Å². The number of aryl methyl sites for hydroxylation is 1. The Hall–Kier alpha value is -3.33. The van der Waals surface area contributed by atoms with Crippen molar-refractivity contribution in [3.8, 4) is 0 Å². The van der Waals surface area contributed by atoms with Gasteiger partial charge in [0.1, 0.15) is 0 Å². The van der Waals surface area contributed by atoms with Crippen LogP contribution in [-0.2, 0) is 12.0 Å². The summed E-state index contributed by atoms with van der Waals surface area (Å²) in [4.78, 5) is 13.2. The zero-order valence-corrected chi connectivity index (χ0v) is 22.5. The molecule has 0 radical (unpaired) electrons. The molecular formula is C33H38N2O. The van der Waals surface area contributed by atoms with Crippen LogP contribution in [0.4, 0.5) is 0 Å². The van der Waals surface area contributed by atoms with Crippen molar-refractivity contribution < 1.29 is 4.79 Å². The van der Waals surface area contributed by atoms with E-state index >= 15 is 0 Å². The summed E-state index contributed by atoms with van der Waals surface area (Å²) in [6, 6.07) is 23.7. The summed E-state index contributed by atoms with van der Waals surface area (Å²) in [6.07, 6.45) is 2.60. The number of fused-ring (bicyclic) bond motifs is 1. The van der Waals surface area contributed by atoms with Crippen molar-refractivity contribution in [2.45, 2.75) is 78.3 Å². The second-order valence-electron chi connectivity index (χ2n) is 11.3. The second-order valence-corrected chi connectivity index (χ2v) is 11.3. The molecule has 1 aliphatic rings. The minimum atomic E-state index is -0.0554. The zero-order valence-electron chi connectivity index (χ0n) is 22.5. The van der Waals surface area contributed by atoms with Crippen LogP contribution in [0.5, 0.6) is 0 Å². The molecule has 186 valence electrons. The first-order chi connectivity index (χ1) is 17.2. The van der Waals surface area contributed by atoms with E-state index in [9.17, 15) is 4.79 Å². The molecule has 1 saturated carbocycles. The van der Waals surface area contributed by atoms with E-state index in [1.165, 1.54) is 46.3 Å². The van der Waals surface area contributed by atoms with Gasteiger partial charge in [-0.2, -0.15) is 0 Å². The number of nitrogens with zero attached hydrogens (tertiary/aromatic N) is 1. The van der Waals surface area contributed by atoms with E-state index in [0.29, 0.717) is 16.9 Å². The highest BCUT2D eigenvalue weighted by atomic mass is 16.1. The molecule has 1 fully saturated rings. The van der Waals surface area contributed by atoms with E-state index in [2.05, 4.69) is 112 Å². The number of nitrogens with one attached hydrogen (secondary N) is 1. The second kappa shape index (κ2) is 9.28. The van der Waals surface area contributed by atoms with Crippen molar-refractivity contribution in [1.29, 1.82) is 0 Å². The predicted molar refractivity (Wildman–Crippen MR) is 150 cm³/mol. The van der Waals surface area contributed by atoms with Crippen LogP contribution in [0.1, 0.15) is 96.4 Å². The van der Waals surface area contributed by atoms with E-state index in [-0.39, 0.29) is 11.9 Å². The number of hydrogen-bond acceptors (Lipinski definition) is 1. The highest BCUT2D eigenvalue weighted by Gasteiger charge is 2.38. The number of aromatic nitrogens is 1. The van der Waals surface area contributed by atoms with Crippen LogP contribution in [0.3, 0.4) is 0 Å². The lowest BCUT2D eigenvalue weighted by molar-refractivity contribution is 0.0940. The number of rotatable bonds is 7. The lowest BCUT2D eigenvalue weighted by Crippen LogP contribution is -2.26. The Bertz CT molecular complexity index is 1420. The SMILES string of the molecule is Cc1c(C)n(Cc2ccc(C3(C)CC3)cc2)c2ccc(C(=O)N[C@@H](C)c3cccc(C(C)C)c3)cc12. The van der Waals surface area contributed by atoms with Gasteiger partial charge in [-0.15, -0.1) is 0 Å². The van der Waals surface area contributed by atoms with E-state index in [1.807, 2.05) is 6.07 Å². The van der Waals surface area contributed by atoms with Crippen LogP contribution in [-0.4, -0.2) is 10.5 Å². The molecule has 3 heteroatoms. The van der Waals surface area contributed by atoms with Gasteiger partial charge in [0.05, 0.1) is 6.04 Å². The van der Waals surface area contributed by atoms with Crippen molar-refractivity contribution in [1.82, 2.24) is 9.88 Å². The molecule has 1 amide bonds. The van der Waals surface area contributed by atoms with E-state index in [4.69, 9.17) is 0 Å². The molecule has 0 bridgehead atoms. The van der Waals surface area contributed by atoms with Crippen molar-refractivity contribution in [3.05, 3.63) is 106 Å². The molecule has 4 aromatic rings.